The first-order valence-corrected chi connectivity index (χ1v) is 9.63. The van der Waals surface area contributed by atoms with Crippen molar-refractivity contribution < 1.29 is 14.3 Å². The van der Waals surface area contributed by atoms with Gasteiger partial charge in [-0.1, -0.05) is 48.5 Å². The largest absolute Gasteiger partial charge is 0.493 e. The van der Waals surface area contributed by atoms with Crippen LogP contribution in [0.15, 0.2) is 72.8 Å². The maximum absolute atomic E-state index is 13.3. The van der Waals surface area contributed by atoms with Crippen molar-refractivity contribution in [1.82, 2.24) is 4.90 Å². The van der Waals surface area contributed by atoms with Gasteiger partial charge in [0.25, 0.3) is 5.91 Å². The predicted octanol–water partition coefficient (Wildman–Crippen LogP) is 4.51. The van der Waals surface area contributed by atoms with Crippen molar-refractivity contribution >= 4 is 11.6 Å². The molecule has 0 spiro atoms. The van der Waals surface area contributed by atoms with Crippen LogP contribution in [0.5, 0.6) is 11.5 Å². The molecule has 0 fully saturated rings. The van der Waals surface area contributed by atoms with Crippen LogP contribution in [0.3, 0.4) is 0 Å². The van der Waals surface area contributed by atoms with Crippen molar-refractivity contribution in [2.45, 2.75) is 12.6 Å². The first kappa shape index (κ1) is 18.9. The van der Waals surface area contributed by atoms with E-state index in [1.807, 2.05) is 65.6 Å². The molecule has 1 unspecified atom stereocenters. The Morgan fingerprint density at radius 1 is 0.897 bits per heavy atom. The standard InChI is InChI=1S/C24H24N2O3/c1-28-21-13-12-18(16-22(21)29-2)23-25-20-11-7-6-10-19(20)24(27)26(23)15-14-17-8-4-3-5-9-17/h3-13,16,23,25H,14-15H2,1-2H3. The van der Waals surface area contributed by atoms with Gasteiger partial charge >= 0.3 is 0 Å². The Morgan fingerprint density at radius 3 is 2.38 bits per heavy atom. The predicted molar refractivity (Wildman–Crippen MR) is 114 cm³/mol. The molecule has 0 aromatic heterocycles. The van der Waals surface area contributed by atoms with Crippen molar-refractivity contribution in [3.63, 3.8) is 0 Å². The third kappa shape index (κ3) is 3.76. The summed E-state index contributed by atoms with van der Waals surface area (Å²) in [4.78, 5) is 15.2. The van der Waals surface area contributed by atoms with E-state index < -0.39 is 0 Å². The zero-order valence-electron chi connectivity index (χ0n) is 16.6. The van der Waals surface area contributed by atoms with E-state index in [2.05, 4.69) is 17.4 Å². The second kappa shape index (κ2) is 8.27. The molecular weight excluding hydrogens is 364 g/mol. The zero-order chi connectivity index (χ0) is 20.2. The number of hydrogen-bond acceptors (Lipinski definition) is 4. The molecule has 0 aliphatic carbocycles. The average molecular weight is 388 g/mol. The summed E-state index contributed by atoms with van der Waals surface area (Å²) in [6, 6.07) is 23.6. The molecular formula is C24H24N2O3. The number of para-hydroxylation sites is 1. The van der Waals surface area contributed by atoms with Crippen LogP contribution in [0.2, 0.25) is 0 Å². The number of rotatable bonds is 6. The van der Waals surface area contributed by atoms with E-state index in [9.17, 15) is 4.79 Å². The van der Waals surface area contributed by atoms with Gasteiger partial charge in [-0.2, -0.15) is 0 Å². The molecule has 1 heterocycles. The van der Waals surface area contributed by atoms with Gasteiger partial charge in [-0.05, 0) is 41.8 Å². The van der Waals surface area contributed by atoms with Gasteiger partial charge in [0, 0.05) is 12.2 Å². The fourth-order valence-corrected chi connectivity index (χ4v) is 3.70. The van der Waals surface area contributed by atoms with E-state index in [1.54, 1.807) is 14.2 Å². The molecule has 5 heteroatoms. The monoisotopic (exact) mass is 388 g/mol. The van der Waals surface area contributed by atoms with Crippen LogP contribution in [0.1, 0.15) is 27.7 Å². The molecule has 3 aromatic carbocycles. The van der Waals surface area contributed by atoms with Crippen molar-refractivity contribution in [3.8, 4) is 11.5 Å². The van der Waals surface area contributed by atoms with Crippen LogP contribution >= 0.6 is 0 Å². The number of benzene rings is 3. The van der Waals surface area contributed by atoms with Crippen LogP contribution < -0.4 is 14.8 Å². The van der Waals surface area contributed by atoms with Crippen LogP contribution in [0, 0.1) is 0 Å². The summed E-state index contributed by atoms with van der Waals surface area (Å²) in [6.45, 7) is 0.600. The van der Waals surface area contributed by atoms with E-state index in [0.29, 0.717) is 23.6 Å². The van der Waals surface area contributed by atoms with E-state index in [1.165, 1.54) is 5.56 Å². The Kier molecular flexibility index (Phi) is 5.38. The summed E-state index contributed by atoms with van der Waals surface area (Å²) in [7, 11) is 3.23. The summed E-state index contributed by atoms with van der Waals surface area (Å²) < 4.78 is 10.8. The summed E-state index contributed by atoms with van der Waals surface area (Å²) in [5, 5.41) is 3.53. The molecule has 148 valence electrons. The Balaban J connectivity index is 1.69. The second-order valence-electron chi connectivity index (χ2n) is 6.94. The third-order valence-electron chi connectivity index (χ3n) is 5.23. The molecule has 1 aliphatic heterocycles. The Hall–Kier alpha value is -3.47. The van der Waals surface area contributed by atoms with Crippen LogP contribution in [-0.2, 0) is 6.42 Å². The number of anilines is 1. The van der Waals surface area contributed by atoms with E-state index in [4.69, 9.17) is 9.47 Å². The minimum absolute atomic E-state index is 0.0232. The molecule has 0 saturated carbocycles. The average Bonchev–Trinajstić information content (AvgIpc) is 2.78. The maximum Gasteiger partial charge on any atom is 0.257 e. The molecule has 1 atom stereocenters. The Labute approximate surface area is 170 Å². The molecule has 29 heavy (non-hydrogen) atoms. The number of fused-ring (bicyclic) bond motifs is 1. The van der Waals surface area contributed by atoms with Crippen molar-refractivity contribution in [1.29, 1.82) is 0 Å². The number of ether oxygens (including phenoxy) is 2. The fourth-order valence-electron chi connectivity index (χ4n) is 3.70. The molecule has 4 rings (SSSR count). The Morgan fingerprint density at radius 2 is 1.62 bits per heavy atom. The number of hydrogen-bond donors (Lipinski definition) is 1. The lowest BCUT2D eigenvalue weighted by Crippen LogP contribution is -2.44. The van der Waals surface area contributed by atoms with Crippen LogP contribution in [0.4, 0.5) is 5.69 Å². The van der Waals surface area contributed by atoms with Crippen molar-refractivity contribution in [3.05, 3.63) is 89.5 Å². The smallest absolute Gasteiger partial charge is 0.257 e. The Bertz CT molecular complexity index is 1000. The van der Waals surface area contributed by atoms with Gasteiger partial charge in [0.1, 0.15) is 6.17 Å². The summed E-state index contributed by atoms with van der Waals surface area (Å²) >= 11 is 0. The summed E-state index contributed by atoms with van der Waals surface area (Å²) in [5.41, 5.74) is 3.68. The lowest BCUT2D eigenvalue weighted by Gasteiger charge is -2.38. The number of methoxy groups -OCH3 is 2. The van der Waals surface area contributed by atoms with Crippen LogP contribution in [0.25, 0.3) is 0 Å². The molecule has 1 N–H and O–H groups in total. The lowest BCUT2D eigenvalue weighted by atomic mass is 10.0. The van der Waals surface area contributed by atoms with Gasteiger partial charge in [-0.25, -0.2) is 0 Å². The first-order chi connectivity index (χ1) is 14.2. The molecule has 0 bridgehead atoms. The fraction of sp³-hybridized carbons (Fsp3) is 0.208. The normalized spacial score (nSPS) is 15.4. The lowest BCUT2D eigenvalue weighted by molar-refractivity contribution is 0.0685. The van der Waals surface area contributed by atoms with E-state index >= 15 is 0 Å². The minimum Gasteiger partial charge on any atom is -0.493 e. The van der Waals surface area contributed by atoms with Crippen molar-refractivity contribution in [2.24, 2.45) is 0 Å². The molecule has 1 aliphatic rings. The molecule has 5 nitrogen and oxygen atoms in total. The number of nitrogens with zero attached hydrogens (tertiary/aromatic N) is 1. The van der Waals surface area contributed by atoms with Gasteiger partial charge in [0.05, 0.1) is 19.8 Å². The van der Waals surface area contributed by atoms with Crippen molar-refractivity contribution in [2.75, 3.05) is 26.1 Å². The van der Waals surface area contributed by atoms with Gasteiger partial charge in [0.2, 0.25) is 0 Å². The van der Waals surface area contributed by atoms with Crippen LogP contribution in [-0.4, -0.2) is 31.6 Å². The highest BCUT2D eigenvalue weighted by atomic mass is 16.5. The van der Waals surface area contributed by atoms with Gasteiger partial charge < -0.3 is 19.7 Å². The topological polar surface area (TPSA) is 50.8 Å². The first-order valence-electron chi connectivity index (χ1n) is 9.63. The molecule has 0 saturated heterocycles. The third-order valence-corrected chi connectivity index (χ3v) is 5.23. The minimum atomic E-state index is -0.291. The number of nitrogens with one attached hydrogen (secondary N) is 1. The summed E-state index contributed by atoms with van der Waals surface area (Å²) in [6.07, 6.45) is 0.487. The summed E-state index contributed by atoms with van der Waals surface area (Å²) in [5.74, 6) is 1.32. The number of carbonyl (C=O) groups is 1. The van der Waals surface area contributed by atoms with Gasteiger partial charge in [-0.15, -0.1) is 0 Å². The highest BCUT2D eigenvalue weighted by molar-refractivity contribution is 6.01. The second-order valence-corrected chi connectivity index (χ2v) is 6.94. The maximum atomic E-state index is 13.3. The van der Waals surface area contributed by atoms with E-state index in [0.717, 1.165) is 17.7 Å². The molecule has 0 radical (unpaired) electrons. The van der Waals surface area contributed by atoms with E-state index in [-0.39, 0.29) is 12.1 Å². The quantitative estimate of drug-likeness (QED) is 0.675. The highest BCUT2D eigenvalue weighted by Crippen LogP contribution is 2.36. The zero-order valence-corrected chi connectivity index (χ0v) is 16.6. The van der Waals surface area contributed by atoms with Gasteiger partial charge in [-0.3, -0.25) is 4.79 Å². The molecule has 1 amide bonds. The number of carbonyl (C=O) groups excluding carboxylic acids is 1. The van der Waals surface area contributed by atoms with Gasteiger partial charge in [0.15, 0.2) is 11.5 Å². The highest BCUT2D eigenvalue weighted by Gasteiger charge is 2.32. The SMILES string of the molecule is COc1ccc(C2Nc3ccccc3C(=O)N2CCc2ccccc2)cc1OC. The number of amides is 1. The molecule has 3 aromatic rings.